The van der Waals surface area contributed by atoms with Crippen molar-refractivity contribution < 1.29 is 4.79 Å². The molecule has 4 heteroatoms. The maximum absolute atomic E-state index is 12.6. The summed E-state index contributed by atoms with van der Waals surface area (Å²) < 4.78 is 0. The van der Waals surface area contributed by atoms with Gasteiger partial charge in [0, 0.05) is 50.2 Å². The zero-order valence-corrected chi connectivity index (χ0v) is 14.5. The van der Waals surface area contributed by atoms with Gasteiger partial charge in [-0.25, -0.2) is 0 Å². The Morgan fingerprint density at radius 2 is 1.88 bits per heavy atom. The Morgan fingerprint density at radius 3 is 2.62 bits per heavy atom. The van der Waals surface area contributed by atoms with Crippen molar-refractivity contribution in [3.8, 4) is 0 Å². The molecule has 1 aliphatic rings. The molecule has 1 fully saturated rings. The summed E-state index contributed by atoms with van der Waals surface area (Å²) >= 11 is 0. The smallest absolute Gasteiger partial charge is 0.254 e. The number of carbonyl (C=O) groups excluding carboxylic acids is 1. The van der Waals surface area contributed by atoms with Gasteiger partial charge in [-0.1, -0.05) is 29.8 Å². The van der Waals surface area contributed by atoms with E-state index in [-0.39, 0.29) is 5.91 Å². The highest BCUT2D eigenvalue weighted by atomic mass is 16.2. The Labute approximate surface area is 144 Å². The number of benzene rings is 1. The second kappa shape index (κ2) is 7.58. The van der Waals surface area contributed by atoms with Crippen molar-refractivity contribution in [2.75, 3.05) is 26.2 Å². The van der Waals surface area contributed by atoms with Gasteiger partial charge in [-0.15, -0.1) is 0 Å². The van der Waals surface area contributed by atoms with Crippen molar-refractivity contribution in [1.29, 1.82) is 0 Å². The van der Waals surface area contributed by atoms with Crippen LogP contribution >= 0.6 is 0 Å². The second-order valence-corrected chi connectivity index (χ2v) is 6.51. The van der Waals surface area contributed by atoms with Crippen molar-refractivity contribution >= 4 is 5.91 Å². The predicted molar refractivity (Wildman–Crippen MR) is 95.9 cm³/mol. The van der Waals surface area contributed by atoms with Gasteiger partial charge in [0.25, 0.3) is 5.91 Å². The van der Waals surface area contributed by atoms with E-state index in [0.717, 1.165) is 38.2 Å². The summed E-state index contributed by atoms with van der Waals surface area (Å²) in [6.45, 7) is 7.92. The summed E-state index contributed by atoms with van der Waals surface area (Å²) in [6, 6.07) is 12.7. The molecule has 0 saturated carbocycles. The summed E-state index contributed by atoms with van der Waals surface area (Å²) in [5.74, 6) is 0.113. The third-order valence-electron chi connectivity index (χ3n) is 4.82. The first-order valence-corrected chi connectivity index (χ1v) is 8.65. The van der Waals surface area contributed by atoms with Crippen LogP contribution in [0.1, 0.15) is 40.9 Å². The Kier molecular flexibility index (Phi) is 5.26. The number of carbonyl (C=O) groups is 1. The van der Waals surface area contributed by atoms with E-state index in [0.29, 0.717) is 6.04 Å². The lowest BCUT2D eigenvalue weighted by Crippen LogP contribution is -2.36. The Morgan fingerprint density at radius 1 is 1.08 bits per heavy atom. The molecular weight excluding hydrogens is 298 g/mol. The van der Waals surface area contributed by atoms with Gasteiger partial charge in [0.05, 0.1) is 0 Å². The molecule has 4 nitrogen and oxygen atoms in total. The zero-order chi connectivity index (χ0) is 16.9. The normalized spacial score (nSPS) is 17.3. The molecule has 1 atom stereocenters. The molecule has 0 spiro atoms. The van der Waals surface area contributed by atoms with Crippen molar-refractivity contribution in [2.45, 2.75) is 26.3 Å². The van der Waals surface area contributed by atoms with E-state index in [4.69, 9.17) is 0 Å². The molecule has 24 heavy (non-hydrogen) atoms. The van der Waals surface area contributed by atoms with Crippen LogP contribution in [-0.2, 0) is 0 Å². The first kappa shape index (κ1) is 16.7. The number of hydrogen-bond acceptors (Lipinski definition) is 3. The lowest BCUT2D eigenvalue weighted by Gasteiger charge is -2.28. The van der Waals surface area contributed by atoms with Gasteiger partial charge in [-0.3, -0.25) is 14.7 Å². The van der Waals surface area contributed by atoms with Crippen LogP contribution in [0.15, 0.2) is 48.8 Å². The van der Waals surface area contributed by atoms with E-state index < -0.39 is 0 Å². The number of nitrogens with zero attached hydrogens (tertiary/aromatic N) is 3. The third kappa shape index (κ3) is 3.82. The van der Waals surface area contributed by atoms with Crippen LogP contribution in [0.5, 0.6) is 0 Å². The highest BCUT2D eigenvalue weighted by molar-refractivity contribution is 5.94. The number of rotatable bonds is 3. The highest BCUT2D eigenvalue weighted by Gasteiger charge is 2.23. The fraction of sp³-hybridized carbons (Fsp3) is 0.400. The molecule has 1 aliphatic heterocycles. The number of pyridine rings is 1. The van der Waals surface area contributed by atoms with Gasteiger partial charge in [-0.2, -0.15) is 0 Å². The molecule has 126 valence electrons. The van der Waals surface area contributed by atoms with Crippen molar-refractivity contribution in [2.24, 2.45) is 0 Å². The predicted octanol–water partition coefficient (Wildman–Crippen LogP) is 3.30. The molecule has 1 amide bonds. The molecule has 2 heterocycles. The lowest BCUT2D eigenvalue weighted by molar-refractivity contribution is 0.0758. The molecular formula is C20H25N3O. The van der Waals surface area contributed by atoms with Gasteiger partial charge in [0.2, 0.25) is 0 Å². The van der Waals surface area contributed by atoms with E-state index in [9.17, 15) is 4.79 Å². The van der Waals surface area contributed by atoms with Crippen LogP contribution in [0.4, 0.5) is 0 Å². The minimum atomic E-state index is 0.113. The summed E-state index contributed by atoms with van der Waals surface area (Å²) in [7, 11) is 0. The van der Waals surface area contributed by atoms with Gasteiger partial charge in [0.1, 0.15) is 0 Å². The second-order valence-electron chi connectivity index (χ2n) is 6.51. The third-order valence-corrected chi connectivity index (χ3v) is 4.82. The van der Waals surface area contributed by atoms with Crippen LogP contribution in [0.3, 0.4) is 0 Å². The molecule has 0 bridgehead atoms. The maximum atomic E-state index is 12.6. The minimum absolute atomic E-state index is 0.113. The number of hydrogen-bond donors (Lipinski definition) is 0. The SMILES string of the molecule is Cc1cccc(C(C)N2CCCN(C(=O)c3ccncc3)CC2)c1. The quantitative estimate of drug-likeness (QED) is 0.869. The van der Waals surface area contributed by atoms with E-state index in [1.54, 1.807) is 24.5 Å². The first-order chi connectivity index (χ1) is 11.6. The molecule has 0 radical (unpaired) electrons. The Bertz CT molecular complexity index is 686. The monoisotopic (exact) mass is 323 g/mol. The number of amides is 1. The summed E-state index contributed by atoms with van der Waals surface area (Å²) in [5.41, 5.74) is 3.37. The topological polar surface area (TPSA) is 36.4 Å². The molecule has 1 saturated heterocycles. The average molecular weight is 323 g/mol. The van der Waals surface area contributed by atoms with E-state index >= 15 is 0 Å². The van der Waals surface area contributed by atoms with Gasteiger partial charge < -0.3 is 4.90 Å². The fourth-order valence-corrected chi connectivity index (χ4v) is 3.35. The van der Waals surface area contributed by atoms with Gasteiger partial charge >= 0.3 is 0 Å². The van der Waals surface area contributed by atoms with Crippen LogP contribution in [-0.4, -0.2) is 46.9 Å². The van der Waals surface area contributed by atoms with Crippen LogP contribution in [0.2, 0.25) is 0 Å². The van der Waals surface area contributed by atoms with Gasteiger partial charge in [0.15, 0.2) is 0 Å². The Hall–Kier alpha value is -2.20. The van der Waals surface area contributed by atoms with E-state index in [2.05, 4.69) is 48.0 Å². The fourth-order valence-electron chi connectivity index (χ4n) is 3.35. The summed E-state index contributed by atoms with van der Waals surface area (Å²) in [5, 5.41) is 0. The molecule has 1 aromatic heterocycles. The minimum Gasteiger partial charge on any atom is -0.337 e. The van der Waals surface area contributed by atoms with Crippen molar-refractivity contribution in [1.82, 2.24) is 14.8 Å². The molecule has 0 N–H and O–H groups in total. The van der Waals surface area contributed by atoms with Crippen LogP contribution in [0.25, 0.3) is 0 Å². The summed E-state index contributed by atoms with van der Waals surface area (Å²) in [6.07, 6.45) is 4.36. The van der Waals surface area contributed by atoms with Crippen molar-refractivity contribution in [3.63, 3.8) is 0 Å². The molecule has 3 rings (SSSR count). The number of aromatic nitrogens is 1. The standard InChI is InChI=1S/C20H25N3O/c1-16-5-3-6-19(15-16)17(2)22-11-4-12-23(14-13-22)20(24)18-7-9-21-10-8-18/h3,5-10,15,17H,4,11-14H2,1-2H3. The van der Waals surface area contributed by atoms with Crippen LogP contribution in [0, 0.1) is 6.92 Å². The molecule has 1 aromatic carbocycles. The van der Waals surface area contributed by atoms with Gasteiger partial charge in [-0.05, 0) is 38.0 Å². The summed E-state index contributed by atoms with van der Waals surface area (Å²) in [4.78, 5) is 21.1. The van der Waals surface area contributed by atoms with E-state index in [1.165, 1.54) is 11.1 Å². The van der Waals surface area contributed by atoms with E-state index in [1.807, 2.05) is 4.90 Å². The molecule has 1 unspecified atom stereocenters. The Balaban J connectivity index is 1.66. The maximum Gasteiger partial charge on any atom is 0.254 e. The molecule has 0 aliphatic carbocycles. The highest BCUT2D eigenvalue weighted by Crippen LogP contribution is 2.22. The van der Waals surface area contributed by atoms with Crippen molar-refractivity contribution in [3.05, 3.63) is 65.5 Å². The van der Waals surface area contributed by atoms with Crippen LogP contribution < -0.4 is 0 Å². The molecule has 2 aromatic rings. The lowest BCUT2D eigenvalue weighted by atomic mass is 10.0. The zero-order valence-electron chi connectivity index (χ0n) is 14.5. The average Bonchev–Trinajstić information content (AvgIpc) is 2.87. The first-order valence-electron chi connectivity index (χ1n) is 8.65. The number of aryl methyl sites for hydroxylation is 1. The largest absolute Gasteiger partial charge is 0.337 e.